The molecule has 0 bridgehead atoms. The lowest BCUT2D eigenvalue weighted by molar-refractivity contribution is 0.146. The van der Waals surface area contributed by atoms with Crippen LogP contribution in [0.1, 0.15) is 20.3 Å². The molecule has 1 aliphatic heterocycles. The second-order valence-corrected chi connectivity index (χ2v) is 6.88. The van der Waals surface area contributed by atoms with Crippen molar-refractivity contribution in [2.45, 2.75) is 31.8 Å². The van der Waals surface area contributed by atoms with E-state index in [-0.39, 0.29) is 5.54 Å². The molecule has 3 nitrogen and oxygen atoms in total. The first kappa shape index (κ1) is 14.8. The number of nitrogens with two attached hydrogens (primary N) is 1. The van der Waals surface area contributed by atoms with Gasteiger partial charge in [0.25, 0.3) is 0 Å². The van der Waals surface area contributed by atoms with Crippen LogP contribution in [0.2, 0.25) is 0 Å². The van der Waals surface area contributed by atoms with Crippen molar-refractivity contribution < 1.29 is 0 Å². The maximum Gasteiger partial charge on any atom is 0.0516 e. The molecule has 0 radical (unpaired) electrons. The van der Waals surface area contributed by atoms with Crippen LogP contribution < -0.4 is 10.6 Å². The minimum absolute atomic E-state index is 0.129. The molecule has 1 atom stereocenters. The van der Waals surface area contributed by atoms with Gasteiger partial charge < -0.3 is 10.6 Å². The second kappa shape index (κ2) is 5.81. The zero-order valence-corrected chi connectivity index (χ0v) is 13.7. The van der Waals surface area contributed by atoms with Crippen LogP contribution in [0.3, 0.4) is 0 Å². The summed E-state index contributed by atoms with van der Waals surface area (Å²) < 4.78 is 1.17. The standard InChI is InChI=1S/C15H24BrN3/c1-15(2)11-18(3)12(8-9-17)10-19(15)14-7-5-4-6-13(14)16/h4-7,12H,8-11,17H2,1-3H3. The Morgan fingerprint density at radius 1 is 1.37 bits per heavy atom. The molecular weight excluding hydrogens is 302 g/mol. The van der Waals surface area contributed by atoms with Gasteiger partial charge in [0.05, 0.1) is 5.69 Å². The fourth-order valence-corrected chi connectivity index (χ4v) is 3.52. The molecule has 0 aliphatic carbocycles. The highest BCUT2D eigenvalue weighted by atomic mass is 79.9. The Morgan fingerprint density at radius 2 is 2.05 bits per heavy atom. The Labute approximate surface area is 124 Å². The van der Waals surface area contributed by atoms with Crippen molar-refractivity contribution in [1.29, 1.82) is 0 Å². The number of benzene rings is 1. The number of rotatable bonds is 3. The molecule has 1 heterocycles. The van der Waals surface area contributed by atoms with E-state index in [2.05, 4.69) is 70.9 Å². The molecule has 1 aromatic carbocycles. The summed E-state index contributed by atoms with van der Waals surface area (Å²) in [5, 5.41) is 0. The quantitative estimate of drug-likeness (QED) is 0.927. The van der Waals surface area contributed by atoms with Gasteiger partial charge in [0.2, 0.25) is 0 Å². The predicted octanol–water partition coefficient (Wildman–Crippen LogP) is 2.70. The molecule has 1 fully saturated rings. The summed E-state index contributed by atoms with van der Waals surface area (Å²) in [5.41, 5.74) is 7.16. The van der Waals surface area contributed by atoms with E-state index in [0.717, 1.165) is 26.1 Å². The predicted molar refractivity (Wildman–Crippen MR) is 85.7 cm³/mol. The largest absolute Gasteiger partial charge is 0.363 e. The van der Waals surface area contributed by atoms with Crippen LogP contribution in [0.4, 0.5) is 5.69 Å². The molecule has 1 aromatic rings. The normalized spacial score (nSPS) is 23.6. The van der Waals surface area contributed by atoms with Crippen LogP contribution >= 0.6 is 15.9 Å². The molecule has 0 spiro atoms. The van der Waals surface area contributed by atoms with Gasteiger partial charge in [0, 0.05) is 29.1 Å². The minimum atomic E-state index is 0.129. The van der Waals surface area contributed by atoms with Gasteiger partial charge in [-0.15, -0.1) is 0 Å². The van der Waals surface area contributed by atoms with Gasteiger partial charge in [-0.2, -0.15) is 0 Å². The van der Waals surface area contributed by atoms with E-state index in [1.54, 1.807) is 0 Å². The lowest BCUT2D eigenvalue weighted by Crippen LogP contribution is -2.62. The highest BCUT2D eigenvalue weighted by Gasteiger charge is 2.37. The summed E-state index contributed by atoms with van der Waals surface area (Å²) in [6.45, 7) is 7.45. The summed E-state index contributed by atoms with van der Waals surface area (Å²) in [5.74, 6) is 0. The lowest BCUT2D eigenvalue weighted by atomic mass is 9.94. The molecule has 0 saturated carbocycles. The fourth-order valence-electron chi connectivity index (χ4n) is 3.02. The van der Waals surface area contributed by atoms with Gasteiger partial charge >= 0.3 is 0 Å². The van der Waals surface area contributed by atoms with Crippen LogP contribution in [-0.2, 0) is 0 Å². The first-order valence-corrected chi connectivity index (χ1v) is 7.67. The van der Waals surface area contributed by atoms with E-state index in [4.69, 9.17) is 5.73 Å². The number of likely N-dealkylation sites (N-methyl/N-ethyl adjacent to an activating group) is 1. The Morgan fingerprint density at radius 3 is 2.68 bits per heavy atom. The van der Waals surface area contributed by atoms with Gasteiger partial charge in [-0.1, -0.05) is 12.1 Å². The molecular formula is C15H24BrN3. The molecule has 19 heavy (non-hydrogen) atoms. The third-order valence-corrected chi connectivity index (χ3v) is 4.70. The van der Waals surface area contributed by atoms with Crippen molar-refractivity contribution in [3.8, 4) is 0 Å². The highest BCUT2D eigenvalue weighted by molar-refractivity contribution is 9.10. The molecule has 4 heteroatoms. The Balaban J connectivity index is 2.29. The highest BCUT2D eigenvalue weighted by Crippen LogP contribution is 2.34. The average Bonchev–Trinajstić information content (AvgIpc) is 2.33. The lowest BCUT2D eigenvalue weighted by Gasteiger charge is -2.51. The first-order chi connectivity index (χ1) is 8.95. The molecule has 2 N–H and O–H groups in total. The van der Waals surface area contributed by atoms with Gasteiger partial charge in [-0.25, -0.2) is 0 Å². The number of hydrogen-bond acceptors (Lipinski definition) is 3. The minimum Gasteiger partial charge on any atom is -0.363 e. The maximum absolute atomic E-state index is 5.75. The van der Waals surface area contributed by atoms with Crippen molar-refractivity contribution in [2.75, 3.05) is 31.6 Å². The number of anilines is 1. The topological polar surface area (TPSA) is 32.5 Å². The number of piperazine rings is 1. The van der Waals surface area contributed by atoms with Gasteiger partial charge in [-0.3, -0.25) is 4.90 Å². The Bertz CT molecular complexity index is 433. The van der Waals surface area contributed by atoms with E-state index in [1.165, 1.54) is 10.2 Å². The SMILES string of the molecule is CN1CC(C)(C)N(c2ccccc2Br)CC1CCN. The van der Waals surface area contributed by atoms with Gasteiger partial charge in [-0.05, 0) is 61.9 Å². The third-order valence-electron chi connectivity index (χ3n) is 4.03. The maximum atomic E-state index is 5.75. The number of halogens is 1. The molecule has 1 saturated heterocycles. The van der Waals surface area contributed by atoms with Crippen molar-refractivity contribution in [2.24, 2.45) is 5.73 Å². The van der Waals surface area contributed by atoms with Crippen molar-refractivity contribution in [3.63, 3.8) is 0 Å². The van der Waals surface area contributed by atoms with Crippen LogP contribution in [0.5, 0.6) is 0 Å². The molecule has 0 aromatic heterocycles. The number of nitrogens with zero attached hydrogens (tertiary/aromatic N) is 2. The second-order valence-electron chi connectivity index (χ2n) is 6.02. The van der Waals surface area contributed by atoms with Gasteiger partial charge in [0.15, 0.2) is 0 Å². The fraction of sp³-hybridized carbons (Fsp3) is 0.600. The average molecular weight is 326 g/mol. The number of para-hydroxylation sites is 1. The van der Waals surface area contributed by atoms with Crippen LogP contribution in [0.25, 0.3) is 0 Å². The summed E-state index contributed by atoms with van der Waals surface area (Å²) in [6, 6.07) is 9.00. The summed E-state index contributed by atoms with van der Waals surface area (Å²) in [7, 11) is 2.21. The molecule has 2 rings (SSSR count). The zero-order valence-electron chi connectivity index (χ0n) is 12.1. The smallest absolute Gasteiger partial charge is 0.0516 e. The van der Waals surface area contributed by atoms with E-state index in [9.17, 15) is 0 Å². The van der Waals surface area contributed by atoms with E-state index < -0.39 is 0 Å². The monoisotopic (exact) mass is 325 g/mol. The number of hydrogen-bond donors (Lipinski definition) is 1. The third kappa shape index (κ3) is 3.12. The molecule has 106 valence electrons. The summed E-state index contributed by atoms with van der Waals surface area (Å²) >= 11 is 3.68. The van der Waals surface area contributed by atoms with Crippen molar-refractivity contribution in [1.82, 2.24) is 4.90 Å². The van der Waals surface area contributed by atoms with E-state index in [0.29, 0.717) is 6.04 Å². The van der Waals surface area contributed by atoms with Gasteiger partial charge in [0.1, 0.15) is 0 Å². The first-order valence-electron chi connectivity index (χ1n) is 6.88. The Kier molecular flexibility index (Phi) is 4.54. The molecule has 0 amide bonds. The van der Waals surface area contributed by atoms with Crippen molar-refractivity contribution >= 4 is 21.6 Å². The summed E-state index contributed by atoms with van der Waals surface area (Å²) in [6.07, 6.45) is 1.05. The van der Waals surface area contributed by atoms with E-state index >= 15 is 0 Å². The van der Waals surface area contributed by atoms with Crippen LogP contribution in [-0.4, -0.2) is 43.2 Å². The van der Waals surface area contributed by atoms with Crippen molar-refractivity contribution in [3.05, 3.63) is 28.7 Å². The van der Waals surface area contributed by atoms with E-state index in [1.807, 2.05) is 0 Å². The summed E-state index contributed by atoms with van der Waals surface area (Å²) in [4.78, 5) is 4.96. The zero-order chi connectivity index (χ0) is 14.0. The Hall–Kier alpha value is -0.580. The molecule has 1 aliphatic rings. The van der Waals surface area contributed by atoms with Crippen LogP contribution in [0, 0.1) is 0 Å². The van der Waals surface area contributed by atoms with Crippen LogP contribution in [0.15, 0.2) is 28.7 Å². The molecule has 1 unspecified atom stereocenters.